The van der Waals surface area contributed by atoms with Crippen molar-refractivity contribution in [1.82, 2.24) is 0 Å². The van der Waals surface area contributed by atoms with E-state index in [1.54, 1.807) is 0 Å². The first-order chi connectivity index (χ1) is 7.29. The van der Waals surface area contributed by atoms with Crippen LogP contribution < -0.4 is 0 Å². The molecule has 4 N–H and O–H groups in total. The van der Waals surface area contributed by atoms with E-state index in [0.717, 1.165) is 0 Å². The molecular weight excluding hydrogens is 224 g/mol. The van der Waals surface area contributed by atoms with Crippen molar-refractivity contribution in [3.05, 3.63) is 11.1 Å². The molecule has 16 heavy (non-hydrogen) atoms. The van der Waals surface area contributed by atoms with Gasteiger partial charge in [0, 0.05) is 0 Å². The topological polar surface area (TPSA) is 149 Å². The molecular formula is C8H6O8. The third-order valence-corrected chi connectivity index (χ3v) is 2.24. The lowest BCUT2D eigenvalue weighted by atomic mass is 9.67. The van der Waals surface area contributed by atoms with E-state index in [4.69, 9.17) is 20.4 Å². The fourth-order valence-electron chi connectivity index (χ4n) is 1.60. The maximum absolute atomic E-state index is 10.6. The van der Waals surface area contributed by atoms with Crippen LogP contribution >= 0.6 is 0 Å². The normalized spacial score (nSPS) is 23.5. The summed E-state index contributed by atoms with van der Waals surface area (Å²) in [5.41, 5.74) is -1.76. The summed E-state index contributed by atoms with van der Waals surface area (Å²) in [5.74, 6) is -10.4. The molecule has 86 valence electrons. The number of carboxylic acid groups (broad SMARTS) is 4. The van der Waals surface area contributed by atoms with Crippen LogP contribution in [0.1, 0.15) is 0 Å². The molecule has 0 aromatic rings. The van der Waals surface area contributed by atoms with Gasteiger partial charge in [0.1, 0.15) is 11.8 Å². The number of carbonyl (C=O) groups is 4. The Balaban J connectivity index is 3.33. The molecule has 0 saturated heterocycles. The van der Waals surface area contributed by atoms with Gasteiger partial charge in [0.15, 0.2) is 0 Å². The second kappa shape index (κ2) is 3.65. The fraction of sp³-hybridized carbons (Fsp3) is 0.250. The summed E-state index contributed by atoms with van der Waals surface area (Å²) in [6, 6.07) is 0. The first-order valence-corrected chi connectivity index (χ1v) is 3.95. The van der Waals surface area contributed by atoms with Gasteiger partial charge < -0.3 is 20.4 Å². The molecule has 2 unspecified atom stereocenters. The summed E-state index contributed by atoms with van der Waals surface area (Å²) in [6.07, 6.45) is 0. The third-order valence-electron chi connectivity index (χ3n) is 2.24. The van der Waals surface area contributed by atoms with Crippen LogP contribution in [0.25, 0.3) is 0 Å². The molecule has 0 aromatic carbocycles. The Morgan fingerprint density at radius 2 is 0.938 bits per heavy atom. The largest absolute Gasteiger partial charge is 0.481 e. The van der Waals surface area contributed by atoms with Crippen molar-refractivity contribution < 1.29 is 39.6 Å². The second-order valence-electron chi connectivity index (χ2n) is 3.07. The molecule has 8 nitrogen and oxygen atoms in total. The molecule has 0 heterocycles. The zero-order valence-electron chi connectivity index (χ0n) is 7.58. The van der Waals surface area contributed by atoms with Crippen molar-refractivity contribution in [2.24, 2.45) is 11.8 Å². The Bertz CT molecular complexity index is 391. The molecule has 0 aromatic heterocycles. The summed E-state index contributed by atoms with van der Waals surface area (Å²) in [6.45, 7) is 0. The number of carboxylic acids is 4. The zero-order valence-corrected chi connectivity index (χ0v) is 7.58. The number of hydrogen-bond acceptors (Lipinski definition) is 4. The van der Waals surface area contributed by atoms with Gasteiger partial charge in [-0.1, -0.05) is 0 Å². The quantitative estimate of drug-likeness (QED) is 0.473. The predicted octanol–water partition coefficient (Wildman–Crippen LogP) is -1.13. The Hall–Kier alpha value is -2.38. The number of hydrogen-bond donors (Lipinski definition) is 4. The van der Waals surface area contributed by atoms with Crippen LogP contribution in [-0.4, -0.2) is 44.3 Å². The van der Waals surface area contributed by atoms with Crippen LogP contribution in [0.4, 0.5) is 0 Å². The van der Waals surface area contributed by atoms with E-state index in [9.17, 15) is 19.2 Å². The lowest BCUT2D eigenvalue weighted by molar-refractivity contribution is -0.157. The van der Waals surface area contributed by atoms with Crippen molar-refractivity contribution in [2.45, 2.75) is 0 Å². The molecule has 0 radical (unpaired) electrons. The highest BCUT2D eigenvalue weighted by molar-refractivity contribution is 6.11. The van der Waals surface area contributed by atoms with Crippen LogP contribution in [0.15, 0.2) is 11.1 Å². The lowest BCUT2D eigenvalue weighted by Gasteiger charge is -2.31. The molecule has 1 aliphatic rings. The van der Waals surface area contributed by atoms with Gasteiger partial charge in [-0.05, 0) is 0 Å². The first kappa shape index (κ1) is 11.7. The third kappa shape index (κ3) is 1.49. The van der Waals surface area contributed by atoms with Crippen molar-refractivity contribution >= 4 is 23.9 Å². The van der Waals surface area contributed by atoms with Gasteiger partial charge in [-0.25, -0.2) is 9.59 Å². The van der Waals surface area contributed by atoms with Crippen LogP contribution in [0.5, 0.6) is 0 Å². The molecule has 8 heteroatoms. The lowest BCUT2D eigenvalue weighted by Crippen LogP contribution is -2.46. The van der Waals surface area contributed by atoms with Crippen molar-refractivity contribution in [3.8, 4) is 0 Å². The van der Waals surface area contributed by atoms with Gasteiger partial charge in [-0.3, -0.25) is 9.59 Å². The molecule has 0 amide bonds. The number of rotatable bonds is 4. The summed E-state index contributed by atoms with van der Waals surface area (Å²) in [4.78, 5) is 42.5. The minimum absolute atomic E-state index is 0.882. The van der Waals surface area contributed by atoms with Crippen LogP contribution in [0.2, 0.25) is 0 Å². The number of aliphatic carboxylic acids is 4. The summed E-state index contributed by atoms with van der Waals surface area (Å²) >= 11 is 0. The summed E-state index contributed by atoms with van der Waals surface area (Å²) in [7, 11) is 0. The monoisotopic (exact) mass is 230 g/mol. The van der Waals surface area contributed by atoms with E-state index in [2.05, 4.69) is 0 Å². The van der Waals surface area contributed by atoms with E-state index in [0.29, 0.717) is 0 Å². The van der Waals surface area contributed by atoms with E-state index in [1.165, 1.54) is 0 Å². The predicted molar refractivity (Wildman–Crippen MR) is 44.5 cm³/mol. The summed E-state index contributed by atoms with van der Waals surface area (Å²) < 4.78 is 0. The SMILES string of the molecule is O=C(O)C1=C(C(=O)O)C(C(=O)O)C1C(=O)O. The maximum atomic E-state index is 10.6. The fourth-order valence-corrected chi connectivity index (χ4v) is 1.60. The van der Waals surface area contributed by atoms with Crippen LogP contribution in [-0.2, 0) is 19.2 Å². The minimum atomic E-state index is -1.82. The van der Waals surface area contributed by atoms with E-state index in [1.807, 2.05) is 0 Å². The standard InChI is InChI=1S/C8H6O8/c9-5(10)1-2(6(11)12)4(8(15)16)3(1)7(13)14/h1-2H,(H,9,10)(H,11,12)(H,13,14)(H,15,16). The Kier molecular flexibility index (Phi) is 2.66. The molecule has 0 spiro atoms. The highest BCUT2D eigenvalue weighted by Gasteiger charge is 2.55. The molecule has 1 rings (SSSR count). The van der Waals surface area contributed by atoms with E-state index < -0.39 is 46.9 Å². The van der Waals surface area contributed by atoms with Gasteiger partial charge in [0.05, 0.1) is 11.1 Å². The minimum Gasteiger partial charge on any atom is -0.481 e. The van der Waals surface area contributed by atoms with Gasteiger partial charge in [-0.15, -0.1) is 0 Å². The summed E-state index contributed by atoms with van der Waals surface area (Å²) in [5, 5.41) is 34.4. The highest BCUT2D eigenvalue weighted by atomic mass is 16.4. The zero-order chi connectivity index (χ0) is 12.6. The Morgan fingerprint density at radius 3 is 1.06 bits per heavy atom. The average molecular weight is 230 g/mol. The van der Waals surface area contributed by atoms with Gasteiger partial charge in [0.2, 0.25) is 0 Å². The highest BCUT2D eigenvalue weighted by Crippen LogP contribution is 2.41. The molecule has 2 atom stereocenters. The average Bonchev–Trinajstić information content (AvgIpc) is 1.97. The van der Waals surface area contributed by atoms with Gasteiger partial charge >= 0.3 is 23.9 Å². The molecule has 0 saturated carbocycles. The Morgan fingerprint density at radius 1 is 0.688 bits per heavy atom. The van der Waals surface area contributed by atoms with Crippen molar-refractivity contribution in [2.75, 3.05) is 0 Å². The van der Waals surface area contributed by atoms with E-state index in [-0.39, 0.29) is 0 Å². The smallest absolute Gasteiger partial charge is 0.333 e. The maximum Gasteiger partial charge on any atom is 0.333 e. The molecule has 0 fully saturated rings. The molecule has 1 aliphatic carbocycles. The van der Waals surface area contributed by atoms with Gasteiger partial charge in [0.25, 0.3) is 0 Å². The van der Waals surface area contributed by atoms with E-state index >= 15 is 0 Å². The first-order valence-electron chi connectivity index (χ1n) is 3.95. The van der Waals surface area contributed by atoms with Gasteiger partial charge in [-0.2, -0.15) is 0 Å². The second-order valence-corrected chi connectivity index (χ2v) is 3.07. The Labute approximate surface area is 87.4 Å². The molecule has 0 bridgehead atoms. The molecule has 0 aliphatic heterocycles. The van der Waals surface area contributed by atoms with Crippen molar-refractivity contribution in [1.29, 1.82) is 0 Å². The van der Waals surface area contributed by atoms with Crippen molar-refractivity contribution in [3.63, 3.8) is 0 Å². The van der Waals surface area contributed by atoms with Crippen LogP contribution in [0.3, 0.4) is 0 Å². The van der Waals surface area contributed by atoms with Crippen LogP contribution in [0, 0.1) is 11.8 Å².